The van der Waals surface area contributed by atoms with Gasteiger partial charge in [-0.15, -0.1) is 0 Å². The number of ether oxygens (including phenoxy) is 1. The molecule has 0 fully saturated rings. The molecule has 0 aliphatic carbocycles. The SMILES string of the molecule is O=C(NCCCc1nc2ccccc2n1CCCOc1ccc2ccccc2c1)c1ccc(Cl)cc1. The Balaban J connectivity index is 1.17. The van der Waals surface area contributed by atoms with Crippen LogP contribution >= 0.6 is 11.6 Å². The Bertz CT molecular complexity index is 1480. The van der Waals surface area contributed by atoms with E-state index in [1.807, 2.05) is 36.4 Å². The third-order valence-corrected chi connectivity index (χ3v) is 6.47. The highest BCUT2D eigenvalue weighted by Crippen LogP contribution is 2.21. The fourth-order valence-electron chi connectivity index (χ4n) is 4.39. The van der Waals surface area contributed by atoms with Crippen LogP contribution in [0, 0.1) is 0 Å². The quantitative estimate of drug-likeness (QED) is 0.219. The molecule has 0 atom stereocenters. The second-order valence-electron chi connectivity index (χ2n) is 8.75. The Morgan fingerprint density at radius 1 is 0.889 bits per heavy atom. The zero-order valence-electron chi connectivity index (χ0n) is 20.0. The van der Waals surface area contributed by atoms with E-state index in [9.17, 15) is 4.79 Å². The van der Waals surface area contributed by atoms with Crippen LogP contribution in [-0.4, -0.2) is 28.6 Å². The van der Waals surface area contributed by atoms with Gasteiger partial charge in [0.2, 0.25) is 0 Å². The lowest BCUT2D eigenvalue weighted by Gasteiger charge is -2.11. The molecule has 1 N–H and O–H groups in total. The Morgan fingerprint density at radius 2 is 1.67 bits per heavy atom. The lowest BCUT2D eigenvalue weighted by molar-refractivity contribution is 0.0953. The predicted molar refractivity (Wildman–Crippen MR) is 146 cm³/mol. The van der Waals surface area contributed by atoms with Crippen molar-refractivity contribution >= 4 is 39.3 Å². The number of aromatic nitrogens is 2. The number of aryl methyl sites for hydroxylation is 2. The monoisotopic (exact) mass is 497 g/mol. The van der Waals surface area contributed by atoms with Crippen LogP contribution in [0.4, 0.5) is 0 Å². The number of amides is 1. The first kappa shape index (κ1) is 23.9. The van der Waals surface area contributed by atoms with E-state index in [2.05, 4.69) is 40.2 Å². The number of benzene rings is 4. The zero-order chi connectivity index (χ0) is 24.7. The Kier molecular flexibility index (Phi) is 7.48. The molecule has 6 heteroatoms. The molecular formula is C30H28ClN3O2. The van der Waals surface area contributed by atoms with Gasteiger partial charge in [-0.3, -0.25) is 4.79 Å². The van der Waals surface area contributed by atoms with Gasteiger partial charge >= 0.3 is 0 Å². The van der Waals surface area contributed by atoms with E-state index in [0.29, 0.717) is 23.7 Å². The molecule has 0 bridgehead atoms. The maximum Gasteiger partial charge on any atom is 0.251 e. The molecule has 0 unspecified atom stereocenters. The Labute approximate surface area is 215 Å². The number of para-hydroxylation sites is 2. The molecule has 1 heterocycles. The molecule has 0 spiro atoms. The number of carbonyl (C=O) groups excluding carboxylic acids is 1. The number of hydrogen-bond acceptors (Lipinski definition) is 3. The summed E-state index contributed by atoms with van der Waals surface area (Å²) in [5.41, 5.74) is 2.73. The molecule has 0 aliphatic heterocycles. The Morgan fingerprint density at radius 3 is 2.53 bits per heavy atom. The van der Waals surface area contributed by atoms with Gasteiger partial charge < -0.3 is 14.6 Å². The van der Waals surface area contributed by atoms with Crippen LogP contribution in [0.25, 0.3) is 21.8 Å². The second-order valence-corrected chi connectivity index (χ2v) is 9.18. The smallest absolute Gasteiger partial charge is 0.251 e. The van der Waals surface area contributed by atoms with Gasteiger partial charge in [-0.25, -0.2) is 4.98 Å². The summed E-state index contributed by atoms with van der Waals surface area (Å²) in [6, 6.07) is 29.6. The van der Waals surface area contributed by atoms with E-state index in [0.717, 1.165) is 48.4 Å². The maximum absolute atomic E-state index is 12.3. The molecule has 0 saturated heterocycles. The van der Waals surface area contributed by atoms with E-state index < -0.39 is 0 Å². The molecule has 36 heavy (non-hydrogen) atoms. The molecule has 0 radical (unpaired) electrons. The van der Waals surface area contributed by atoms with Crippen molar-refractivity contribution in [3.8, 4) is 5.75 Å². The highest BCUT2D eigenvalue weighted by atomic mass is 35.5. The van der Waals surface area contributed by atoms with Gasteiger partial charge in [-0.2, -0.15) is 0 Å². The number of nitrogens with one attached hydrogen (secondary N) is 1. The topological polar surface area (TPSA) is 56.2 Å². The Hall–Kier alpha value is -3.83. The van der Waals surface area contributed by atoms with Crippen LogP contribution in [0.1, 0.15) is 29.0 Å². The van der Waals surface area contributed by atoms with Crippen molar-refractivity contribution in [1.82, 2.24) is 14.9 Å². The van der Waals surface area contributed by atoms with Crippen LogP contribution in [0.3, 0.4) is 0 Å². The van der Waals surface area contributed by atoms with Gasteiger partial charge in [0.15, 0.2) is 0 Å². The van der Waals surface area contributed by atoms with Crippen LogP contribution in [0.5, 0.6) is 5.75 Å². The van der Waals surface area contributed by atoms with Crippen LogP contribution < -0.4 is 10.1 Å². The average Bonchev–Trinajstić information content (AvgIpc) is 3.26. The van der Waals surface area contributed by atoms with E-state index >= 15 is 0 Å². The van der Waals surface area contributed by atoms with Crippen molar-refractivity contribution in [3.05, 3.63) is 107 Å². The van der Waals surface area contributed by atoms with Crippen molar-refractivity contribution in [2.75, 3.05) is 13.2 Å². The van der Waals surface area contributed by atoms with Gasteiger partial charge in [-0.05, 0) is 72.1 Å². The first-order chi connectivity index (χ1) is 17.7. The van der Waals surface area contributed by atoms with Gasteiger partial charge in [0.25, 0.3) is 5.91 Å². The summed E-state index contributed by atoms with van der Waals surface area (Å²) in [4.78, 5) is 17.2. The summed E-state index contributed by atoms with van der Waals surface area (Å²) in [5.74, 6) is 1.83. The number of halogens is 1. The number of nitrogens with zero attached hydrogens (tertiary/aromatic N) is 2. The molecule has 1 aromatic heterocycles. The lowest BCUT2D eigenvalue weighted by Crippen LogP contribution is -2.25. The van der Waals surface area contributed by atoms with Crippen LogP contribution in [-0.2, 0) is 13.0 Å². The fourth-order valence-corrected chi connectivity index (χ4v) is 4.51. The summed E-state index contributed by atoms with van der Waals surface area (Å²) in [5, 5.41) is 6.00. The molecule has 5 aromatic rings. The van der Waals surface area contributed by atoms with Crippen molar-refractivity contribution in [1.29, 1.82) is 0 Å². The van der Waals surface area contributed by atoms with Gasteiger partial charge in [0.05, 0.1) is 17.6 Å². The highest BCUT2D eigenvalue weighted by molar-refractivity contribution is 6.30. The molecule has 182 valence electrons. The standard InChI is InChI=1S/C30H28ClN3O2/c31-25-15-12-23(13-16-25)30(35)32-18-5-11-29-33-27-9-3-4-10-28(27)34(29)19-6-20-36-26-17-14-22-7-1-2-8-24(22)21-26/h1-4,7-10,12-17,21H,5-6,11,18-20H2,(H,32,35). The number of rotatable bonds is 10. The van der Waals surface area contributed by atoms with Crippen molar-refractivity contribution < 1.29 is 9.53 Å². The molecule has 5 rings (SSSR count). The van der Waals surface area contributed by atoms with Crippen LogP contribution in [0.15, 0.2) is 91.0 Å². The molecule has 5 nitrogen and oxygen atoms in total. The van der Waals surface area contributed by atoms with E-state index in [-0.39, 0.29) is 5.91 Å². The first-order valence-corrected chi connectivity index (χ1v) is 12.6. The van der Waals surface area contributed by atoms with Crippen molar-refractivity contribution in [2.24, 2.45) is 0 Å². The van der Waals surface area contributed by atoms with Crippen molar-refractivity contribution in [3.63, 3.8) is 0 Å². The number of hydrogen-bond donors (Lipinski definition) is 1. The fraction of sp³-hybridized carbons (Fsp3) is 0.200. The summed E-state index contributed by atoms with van der Waals surface area (Å²) < 4.78 is 8.33. The lowest BCUT2D eigenvalue weighted by atomic mass is 10.1. The number of imidazole rings is 1. The third kappa shape index (κ3) is 5.69. The van der Waals surface area contributed by atoms with E-state index in [1.54, 1.807) is 24.3 Å². The second kappa shape index (κ2) is 11.3. The minimum atomic E-state index is -0.0917. The normalized spacial score (nSPS) is 11.1. The predicted octanol–water partition coefficient (Wildman–Crippen LogP) is 6.67. The minimum absolute atomic E-state index is 0.0917. The largest absolute Gasteiger partial charge is 0.494 e. The third-order valence-electron chi connectivity index (χ3n) is 6.22. The summed E-state index contributed by atoms with van der Waals surface area (Å²) in [6.45, 7) is 2.03. The summed E-state index contributed by atoms with van der Waals surface area (Å²) >= 11 is 5.91. The van der Waals surface area contributed by atoms with E-state index in [1.165, 1.54) is 10.8 Å². The van der Waals surface area contributed by atoms with Gasteiger partial charge in [0, 0.05) is 30.1 Å². The molecule has 4 aromatic carbocycles. The highest BCUT2D eigenvalue weighted by Gasteiger charge is 2.11. The number of carbonyl (C=O) groups is 1. The molecule has 1 amide bonds. The summed E-state index contributed by atoms with van der Waals surface area (Å²) in [6.07, 6.45) is 2.45. The van der Waals surface area contributed by atoms with Gasteiger partial charge in [0.1, 0.15) is 11.6 Å². The zero-order valence-corrected chi connectivity index (χ0v) is 20.7. The first-order valence-electron chi connectivity index (χ1n) is 12.3. The van der Waals surface area contributed by atoms with Crippen molar-refractivity contribution in [2.45, 2.75) is 25.8 Å². The average molecular weight is 498 g/mol. The summed E-state index contributed by atoms with van der Waals surface area (Å²) in [7, 11) is 0. The minimum Gasteiger partial charge on any atom is -0.494 e. The molecular weight excluding hydrogens is 470 g/mol. The van der Waals surface area contributed by atoms with Crippen LogP contribution in [0.2, 0.25) is 5.02 Å². The molecule has 0 saturated carbocycles. The maximum atomic E-state index is 12.3. The number of fused-ring (bicyclic) bond motifs is 2. The van der Waals surface area contributed by atoms with E-state index in [4.69, 9.17) is 21.3 Å². The molecule has 0 aliphatic rings. The van der Waals surface area contributed by atoms with Gasteiger partial charge in [-0.1, -0.05) is 54.1 Å².